The van der Waals surface area contributed by atoms with Crippen molar-refractivity contribution in [3.63, 3.8) is 0 Å². The quantitative estimate of drug-likeness (QED) is 0.342. The van der Waals surface area contributed by atoms with Crippen LogP contribution >= 0.6 is 11.6 Å². The molecule has 1 saturated heterocycles. The molecule has 10 heteroatoms. The minimum Gasteiger partial charge on any atom is -0.322 e. The van der Waals surface area contributed by atoms with Gasteiger partial charge in [0.25, 0.3) is 0 Å². The van der Waals surface area contributed by atoms with Crippen molar-refractivity contribution in [3.8, 4) is 6.07 Å². The number of nitrogens with zero attached hydrogens (tertiary/aromatic N) is 3. The molecule has 214 valence electrons. The lowest BCUT2D eigenvalue weighted by Crippen LogP contribution is -2.45. The second-order valence-corrected chi connectivity index (χ2v) is 11.7. The van der Waals surface area contributed by atoms with Crippen LogP contribution < -0.4 is 16.4 Å². The van der Waals surface area contributed by atoms with Crippen molar-refractivity contribution in [2.45, 2.75) is 63.5 Å². The van der Waals surface area contributed by atoms with Crippen LogP contribution in [0, 0.1) is 29.0 Å². The third-order valence-electron chi connectivity index (χ3n) is 8.34. The van der Waals surface area contributed by atoms with Gasteiger partial charge in [0.05, 0.1) is 22.3 Å². The Kier molecular flexibility index (Phi) is 8.43. The van der Waals surface area contributed by atoms with E-state index in [0.29, 0.717) is 60.1 Å². The van der Waals surface area contributed by atoms with E-state index in [1.807, 2.05) is 13.0 Å². The largest absolute Gasteiger partial charge is 0.323 e. The van der Waals surface area contributed by atoms with Gasteiger partial charge in [0.1, 0.15) is 17.7 Å². The summed E-state index contributed by atoms with van der Waals surface area (Å²) in [6, 6.07) is 8.81. The number of benzene rings is 1. The predicted molar refractivity (Wildman–Crippen MR) is 156 cm³/mol. The van der Waals surface area contributed by atoms with Crippen LogP contribution in [0.1, 0.15) is 57.4 Å². The molecular formula is C31H34ClFN6O2. The highest BCUT2D eigenvalue weighted by atomic mass is 35.5. The average Bonchev–Trinajstić information content (AvgIpc) is 3.67. The van der Waals surface area contributed by atoms with E-state index in [4.69, 9.17) is 17.3 Å². The normalized spacial score (nSPS) is 21.8. The summed E-state index contributed by atoms with van der Waals surface area (Å²) in [6.07, 6.45) is 11.1. The fourth-order valence-electron chi connectivity index (χ4n) is 5.57. The molecule has 4 N–H and O–H groups in total. The Balaban J connectivity index is 1.36. The summed E-state index contributed by atoms with van der Waals surface area (Å²) in [5, 5.41) is 15.5. The van der Waals surface area contributed by atoms with Gasteiger partial charge in [0.2, 0.25) is 5.91 Å². The average molecular weight is 577 g/mol. The number of aromatic nitrogens is 1. The molecule has 2 unspecified atom stereocenters. The minimum atomic E-state index is -0.942. The van der Waals surface area contributed by atoms with Gasteiger partial charge in [-0.15, -0.1) is 0 Å². The zero-order valence-electron chi connectivity index (χ0n) is 23.0. The minimum absolute atomic E-state index is 0.00892. The van der Waals surface area contributed by atoms with Gasteiger partial charge in [-0.1, -0.05) is 43.5 Å². The van der Waals surface area contributed by atoms with Gasteiger partial charge in [-0.25, -0.2) is 14.2 Å². The molecule has 0 bridgehead atoms. The van der Waals surface area contributed by atoms with E-state index in [1.165, 1.54) is 30.0 Å². The number of halogens is 2. The second-order valence-electron chi connectivity index (χ2n) is 11.3. The zero-order chi connectivity index (χ0) is 29.1. The summed E-state index contributed by atoms with van der Waals surface area (Å²) in [5.74, 6) is -0.0138. The first-order valence-corrected chi connectivity index (χ1v) is 14.5. The maximum atomic E-state index is 15.1. The molecule has 2 heterocycles. The van der Waals surface area contributed by atoms with Gasteiger partial charge in [-0.2, -0.15) is 5.26 Å². The van der Waals surface area contributed by atoms with Crippen LogP contribution in [-0.2, 0) is 10.3 Å². The van der Waals surface area contributed by atoms with Crippen LogP contribution in [0.25, 0.3) is 0 Å². The summed E-state index contributed by atoms with van der Waals surface area (Å²) in [7, 11) is 0. The van der Waals surface area contributed by atoms with Crippen molar-refractivity contribution in [1.82, 2.24) is 9.88 Å². The number of rotatable bonds is 8. The molecule has 2 aromatic rings. The topological polar surface area (TPSA) is 124 Å². The zero-order valence-corrected chi connectivity index (χ0v) is 23.8. The molecular weight excluding hydrogens is 543 g/mol. The van der Waals surface area contributed by atoms with Gasteiger partial charge >= 0.3 is 6.03 Å². The molecule has 1 aliphatic heterocycles. The molecule has 0 radical (unpaired) electrons. The van der Waals surface area contributed by atoms with Gasteiger partial charge in [-0.3, -0.25) is 10.1 Å². The lowest BCUT2D eigenvalue weighted by atomic mass is 9.75. The van der Waals surface area contributed by atoms with Crippen LogP contribution in [0.2, 0.25) is 5.02 Å². The van der Waals surface area contributed by atoms with Crippen molar-refractivity contribution in [2.75, 3.05) is 17.2 Å². The maximum Gasteiger partial charge on any atom is 0.323 e. The van der Waals surface area contributed by atoms with E-state index in [1.54, 1.807) is 24.3 Å². The molecule has 5 rings (SSSR count). The molecule has 8 nitrogen and oxygen atoms in total. The third-order valence-corrected chi connectivity index (χ3v) is 8.56. The Bertz CT molecular complexity index is 1430. The van der Waals surface area contributed by atoms with E-state index in [-0.39, 0.29) is 11.6 Å². The Morgan fingerprint density at radius 3 is 2.76 bits per heavy atom. The Morgan fingerprint density at radius 2 is 2.05 bits per heavy atom. The highest BCUT2D eigenvalue weighted by Crippen LogP contribution is 2.43. The van der Waals surface area contributed by atoms with E-state index in [9.17, 15) is 14.9 Å². The van der Waals surface area contributed by atoms with Crippen molar-refractivity contribution >= 4 is 35.0 Å². The molecule has 0 spiro atoms. The SMILES string of the molecule is CC1CC=C(C(N)(CCC2CC2)c2ccc(F)c(NC(=O)[C@H]3CCCN3C(=O)Nc3ccc(Cl)cn3)c2)C=C1C#N. The van der Waals surface area contributed by atoms with Crippen LogP contribution in [0.15, 0.2) is 59.8 Å². The van der Waals surface area contributed by atoms with Crippen LogP contribution in [-0.4, -0.2) is 34.4 Å². The molecule has 1 saturated carbocycles. The second kappa shape index (κ2) is 12.0. The summed E-state index contributed by atoms with van der Waals surface area (Å²) in [5.41, 5.74) is 8.36. The van der Waals surface area contributed by atoms with Crippen molar-refractivity contribution < 1.29 is 14.0 Å². The van der Waals surface area contributed by atoms with Gasteiger partial charge in [0, 0.05) is 18.3 Å². The van der Waals surface area contributed by atoms with Crippen molar-refractivity contribution in [1.29, 1.82) is 5.26 Å². The number of pyridine rings is 1. The first kappa shape index (κ1) is 28.8. The van der Waals surface area contributed by atoms with Gasteiger partial charge in [0.15, 0.2) is 0 Å². The smallest absolute Gasteiger partial charge is 0.322 e. The highest BCUT2D eigenvalue weighted by molar-refractivity contribution is 6.30. The Labute approximate surface area is 244 Å². The molecule has 3 atom stereocenters. The van der Waals surface area contributed by atoms with E-state index >= 15 is 4.39 Å². The number of amides is 3. The molecule has 2 aliphatic carbocycles. The van der Waals surface area contributed by atoms with Gasteiger partial charge in [-0.05, 0) is 85.4 Å². The number of hydrogen-bond acceptors (Lipinski definition) is 5. The number of carbonyl (C=O) groups is 2. The van der Waals surface area contributed by atoms with Crippen LogP contribution in [0.5, 0.6) is 0 Å². The Morgan fingerprint density at radius 1 is 1.24 bits per heavy atom. The summed E-state index contributed by atoms with van der Waals surface area (Å²) >= 11 is 5.87. The Hall–Kier alpha value is -3.74. The molecule has 3 amide bonds. The number of hydrogen-bond donors (Lipinski definition) is 3. The standard InChI is InChI=1S/C31H34ClFN6O2/c1-19-4-7-22(15-21(19)17-34)31(35,13-12-20-5-6-20)23-8-10-25(33)26(16-23)37-29(40)27-3-2-14-39(27)30(41)38-28-11-9-24(32)18-36-28/h7-11,15-16,18-20,27H,2-6,12-14,35H2,1H3,(H,37,40)(H,36,38,41)/t19?,27-,31?/m1/s1. The number of nitriles is 1. The lowest BCUT2D eigenvalue weighted by molar-refractivity contribution is -0.119. The lowest BCUT2D eigenvalue weighted by Gasteiger charge is -2.35. The summed E-state index contributed by atoms with van der Waals surface area (Å²) in [6.45, 7) is 2.39. The first-order valence-electron chi connectivity index (χ1n) is 14.1. The number of nitrogens with two attached hydrogens (primary N) is 1. The number of anilines is 2. The van der Waals surface area contributed by atoms with E-state index in [2.05, 4.69) is 27.8 Å². The maximum absolute atomic E-state index is 15.1. The van der Waals surface area contributed by atoms with Crippen molar-refractivity contribution in [2.24, 2.45) is 17.6 Å². The summed E-state index contributed by atoms with van der Waals surface area (Å²) in [4.78, 5) is 31.8. The number of urea groups is 1. The fraction of sp³-hybridized carbons (Fsp3) is 0.419. The fourth-order valence-corrected chi connectivity index (χ4v) is 5.69. The van der Waals surface area contributed by atoms with E-state index < -0.39 is 29.3 Å². The number of allylic oxidation sites excluding steroid dienone is 2. The molecule has 2 fully saturated rings. The van der Waals surface area contributed by atoms with Crippen LogP contribution in [0.3, 0.4) is 0 Å². The highest BCUT2D eigenvalue weighted by Gasteiger charge is 2.37. The number of nitrogens with one attached hydrogen (secondary N) is 2. The molecule has 1 aromatic carbocycles. The van der Waals surface area contributed by atoms with Crippen molar-refractivity contribution in [3.05, 3.63) is 76.2 Å². The molecule has 1 aromatic heterocycles. The van der Waals surface area contributed by atoms with E-state index in [0.717, 1.165) is 12.0 Å². The molecule has 3 aliphatic rings. The molecule has 41 heavy (non-hydrogen) atoms. The van der Waals surface area contributed by atoms with Gasteiger partial charge < -0.3 is 16.0 Å². The van der Waals surface area contributed by atoms with Crippen LogP contribution in [0.4, 0.5) is 20.7 Å². The first-order chi connectivity index (χ1) is 19.7. The number of carbonyl (C=O) groups excluding carboxylic acids is 2. The third kappa shape index (κ3) is 6.45. The summed E-state index contributed by atoms with van der Waals surface area (Å²) < 4.78 is 15.1. The number of likely N-dealkylation sites (tertiary alicyclic amines) is 1. The predicted octanol–water partition coefficient (Wildman–Crippen LogP) is 6.27. The monoisotopic (exact) mass is 576 g/mol.